The predicted molar refractivity (Wildman–Crippen MR) is 84.5 cm³/mol. The molecule has 1 fully saturated rings. The summed E-state index contributed by atoms with van der Waals surface area (Å²) in [6, 6.07) is 10.1. The number of carbonyl (C=O) groups is 1. The zero-order valence-corrected chi connectivity index (χ0v) is 12.7. The summed E-state index contributed by atoms with van der Waals surface area (Å²) in [7, 11) is 0. The zero-order chi connectivity index (χ0) is 15.4. The molecule has 0 radical (unpaired) electrons. The smallest absolute Gasteiger partial charge is 0.232 e. The minimum Gasteiger partial charge on any atom is -0.378 e. The van der Waals surface area contributed by atoms with Gasteiger partial charge in [0, 0.05) is 19.0 Å². The molecule has 3 rings (SSSR count). The van der Waals surface area contributed by atoms with Gasteiger partial charge >= 0.3 is 0 Å². The Hall–Kier alpha value is -2.14. The molecule has 1 aliphatic heterocycles. The van der Waals surface area contributed by atoms with Gasteiger partial charge in [-0.2, -0.15) is 0 Å². The first-order valence-electron chi connectivity index (χ1n) is 7.71. The van der Waals surface area contributed by atoms with Gasteiger partial charge in [0.15, 0.2) is 0 Å². The molecular weight excluding hydrogens is 278 g/mol. The number of aromatic nitrogens is 2. The second-order valence-corrected chi connectivity index (χ2v) is 5.68. The summed E-state index contributed by atoms with van der Waals surface area (Å²) >= 11 is 0. The number of rotatable bonds is 4. The molecule has 2 aromatic rings. The van der Waals surface area contributed by atoms with Crippen LogP contribution in [0.5, 0.6) is 0 Å². The van der Waals surface area contributed by atoms with Crippen LogP contribution in [0.25, 0.3) is 0 Å². The summed E-state index contributed by atoms with van der Waals surface area (Å²) in [6.07, 6.45) is 5.35. The second kappa shape index (κ2) is 6.75. The molecule has 0 aliphatic carbocycles. The fourth-order valence-corrected chi connectivity index (χ4v) is 2.81. The molecule has 5 nitrogen and oxygen atoms in total. The van der Waals surface area contributed by atoms with Gasteiger partial charge in [0.05, 0.1) is 18.6 Å². The average molecular weight is 299 g/mol. The monoisotopic (exact) mass is 299 g/mol. The fourth-order valence-electron chi connectivity index (χ4n) is 2.81. The van der Waals surface area contributed by atoms with Crippen molar-refractivity contribution in [2.24, 2.45) is 5.92 Å². The first-order chi connectivity index (χ1) is 10.7. The van der Waals surface area contributed by atoms with Crippen molar-refractivity contribution < 1.29 is 9.53 Å². The molecule has 1 saturated heterocycles. The molecule has 1 amide bonds. The number of hydrogen-bond acceptors (Lipinski definition) is 3. The molecule has 2 heterocycles. The Morgan fingerprint density at radius 2 is 2.23 bits per heavy atom. The van der Waals surface area contributed by atoms with Gasteiger partial charge in [-0.3, -0.25) is 10.1 Å². The number of benzene rings is 1. The number of hydrogen-bond donors (Lipinski definition) is 1. The molecule has 116 valence electrons. The van der Waals surface area contributed by atoms with Crippen LogP contribution in [0.3, 0.4) is 0 Å². The van der Waals surface area contributed by atoms with E-state index in [2.05, 4.69) is 22.4 Å². The molecule has 0 saturated carbocycles. The maximum absolute atomic E-state index is 12.4. The SMILES string of the molecule is C[C@@H]1OCCC[C@@H]1C(=O)Nc1nccn1Cc1ccccc1. The quantitative estimate of drug-likeness (QED) is 0.944. The Morgan fingerprint density at radius 3 is 3.00 bits per heavy atom. The highest BCUT2D eigenvalue weighted by molar-refractivity contribution is 5.91. The van der Waals surface area contributed by atoms with Crippen LogP contribution >= 0.6 is 0 Å². The van der Waals surface area contributed by atoms with Crippen LogP contribution in [0.2, 0.25) is 0 Å². The van der Waals surface area contributed by atoms with Crippen molar-refractivity contribution >= 4 is 11.9 Å². The van der Waals surface area contributed by atoms with E-state index in [0.29, 0.717) is 12.5 Å². The van der Waals surface area contributed by atoms with Crippen molar-refractivity contribution in [1.29, 1.82) is 0 Å². The predicted octanol–water partition coefficient (Wildman–Crippen LogP) is 2.69. The Balaban J connectivity index is 1.68. The fraction of sp³-hybridized carbons (Fsp3) is 0.412. The third-order valence-corrected chi connectivity index (χ3v) is 4.09. The Morgan fingerprint density at radius 1 is 1.41 bits per heavy atom. The minimum atomic E-state index is -0.101. The van der Waals surface area contributed by atoms with Crippen molar-refractivity contribution in [3.63, 3.8) is 0 Å². The summed E-state index contributed by atoms with van der Waals surface area (Å²) in [6.45, 7) is 3.39. The number of anilines is 1. The molecule has 22 heavy (non-hydrogen) atoms. The molecule has 1 aromatic carbocycles. The van der Waals surface area contributed by atoms with E-state index in [9.17, 15) is 4.79 Å². The highest BCUT2D eigenvalue weighted by Gasteiger charge is 2.29. The first kappa shape index (κ1) is 14.8. The Labute approximate surface area is 130 Å². The standard InChI is InChI=1S/C17H21N3O2/c1-13-15(8-5-11-22-13)16(21)19-17-18-9-10-20(17)12-14-6-3-2-4-7-14/h2-4,6-7,9-10,13,15H,5,8,11-12H2,1H3,(H,18,19,21)/t13-,15-/m0/s1. The molecule has 1 N–H and O–H groups in total. The van der Waals surface area contributed by atoms with Crippen LogP contribution < -0.4 is 5.32 Å². The molecule has 2 atom stereocenters. The van der Waals surface area contributed by atoms with Gasteiger partial charge in [-0.05, 0) is 25.3 Å². The van der Waals surface area contributed by atoms with Gasteiger partial charge in [0.1, 0.15) is 0 Å². The maximum Gasteiger partial charge on any atom is 0.232 e. The second-order valence-electron chi connectivity index (χ2n) is 5.68. The number of nitrogens with one attached hydrogen (secondary N) is 1. The molecule has 1 aliphatic rings. The lowest BCUT2D eigenvalue weighted by atomic mass is 9.94. The van der Waals surface area contributed by atoms with Crippen LogP contribution in [0.1, 0.15) is 25.3 Å². The summed E-state index contributed by atoms with van der Waals surface area (Å²) in [4.78, 5) is 16.7. The summed E-state index contributed by atoms with van der Waals surface area (Å²) < 4.78 is 7.51. The van der Waals surface area contributed by atoms with Crippen LogP contribution in [-0.4, -0.2) is 28.2 Å². The van der Waals surface area contributed by atoms with Gasteiger partial charge in [0.2, 0.25) is 11.9 Å². The van der Waals surface area contributed by atoms with Crippen molar-refractivity contribution in [2.75, 3.05) is 11.9 Å². The van der Waals surface area contributed by atoms with E-state index in [-0.39, 0.29) is 17.9 Å². The van der Waals surface area contributed by atoms with E-state index in [4.69, 9.17) is 4.74 Å². The van der Waals surface area contributed by atoms with Gasteiger partial charge in [-0.15, -0.1) is 0 Å². The molecule has 0 unspecified atom stereocenters. The number of imidazole rings is 1. The van der Waals surface area contributed by atoms with Crippen molar-refractivity contribution in [2.45, 2.75) is 32.4 Å². The van der Waals surface area contributed by atoms with Crippen LogP contribution in [-0.2, 0) is 16.1 Å². The van der Waals surface area contributed by atoms with Crippen molar-refractivity contribution in [3.05, 3.63) is 48.3 Å². The van der Waals surface area contributed by atoms with Gasteiger partial charge in [-0.1, -0.05) is 30.3 Å². The highest BCUT2D eigenvalue weighted by atomic mass is 16.5. The molecular formula is C17H21N3O2. The number of amides is 1. The molecule has 0 bridgehead atoms. The van der Waals surface area contributed by atoms with E-state index < -0.39 is 0 Å². The van der Waals surface area contributed by atoms with E-state index in [0.717, 1.165) is 19.4 Å². The third-order valence-electron chi connectivity index (χ3n) is 4.09. The maximum atomic E-state index is 12.4. The van der Waals surface area contributed by atoms with E-state index in [1.165, 1.54) is 5.56 Å². The zero-order valence-electron chi connectivity index (χ0n) is 12.7. The van der Waals surface area contributed by atoms with Gasteiger partial charge in [-0.25, -0.2) is 4.98 Å². The van der Waals surface area contributed by atoms with Gasteiger partial charge < -0.3 is 9.30 Å². The lowest BCUT2D eigenvalue weighted by molar-refractivity contribution is -0.127. The summed E-state index contributed by atoms with van der Waals surface area (Å²) in [5.74, 6) is 0.481. The first-order valence-corrected chi connectivity index (χ1v) is 7.71. The molecule has 5 heteroatoms. The Bertz CT molecular complexity index is 624. The summed E-state index contributed by atoms with van der Waals surface area (Å²) in [5.41, 5.74) is 1.17. The number of ether oxygens (including phenoxy) is 1. The topological polar surface area (TPSA) is 56.1 Å². The van der Waals surface area contributed by atoms with E-state index in [1.807, 2.05) is 35.9 Å². The lowest BCUT2D eigenvalue weighted by Crippen LogP contribution is -2.36. The minimum absolute atomic E-state index is 0.00675. The van der Waals surface area contributed by atoms with E-state index >= 15 is 0 Å². The summed E-state index contributed by atoms with van der Waals surface area (Å²) in [5, 5.41) is 2.94. The normalized spacial score (nSPS) is 21.5. The average Bonchev–Trinajstić information content (AvgIpc) is 2.95. The largest absolute Gasteiger partial charge is 0.378 e. The van der Waals surface area contributed by atoms with Crippen LogP contribution in [0, 0.1) is 5.92 Å². The van der Waals surface area contributed by atoms with Crippen molar-refractivity contribution in [1.82, 2.24) is 9.55 Å². The van der Waals surface area contributed by atoms with Crippen LogP contribution in [0.15, 0.2) is 42.7 Å². The molecule has 1 aromatic heterocycles. The van der Waals surface area contributed by atoms with Crippen molar-refractivity contribution in [3.8, 4) is 0 Å². The van der Waals surface area contributed by atoms with E-state index in [1.54, 1.807) is 6.20 Å². The number of nitrogens with zero attached hydrogens (tertiary/aromatic N) is 2. The third kappa shape index (κ3) is 3.36. The number of carbonyl (C=O) groups excluding carboxylic acids is 1. The lowest BCUT2D eigenvalue weighted by Gasteiger charge is -2.27. The highest BCUT2D eigenvalue weighted by Crippen LogP contribution is 2.22. The Kier molecular flexibility index (Phi) is 4.53. The molecule has 0 spiro atoms. The van der Waals surface area contributed by atoms with Gasteiger partial charge in [0.25, 0.3) is 0 Å². The van der Waals surface area contributed by atoms with Crippen LogP contribution in [0.4, 0.5) is 5.95 Å².